The molecule has 7 nitrogen and oxygen atoms in total. The summed E-state index contributed by atoms with van der Waals surface area (Å²) in [7, 11) is 0. The number of benzene rings is 3. The second kappa shape index (κ2) is 13.3. The first-order chi connectivity index (χ1) is 18.3. The standard InChI is InChI=1S/C31H26O7/c1-4-23-20-27(37-30(34)18-11-21-7-9-22(10-8-21)19-25(32)5-2)16-17-28(23)38-31(35)24-12-14-26(15-13-24)36-29(33)6-3/h5-18,20H,2-4,19H2,1H3/b18-11+. The summed E-state index contributed by atoms with van der Waals surface area (Å²) in [6, 6.07) is 17.9. The van der Waals surface area contributed by atoms with Gasteiger partial charge in [0.1, 0.15) is 17.2 Å². The van der Waals surface area contributed by atoms with Crippen LogP contribution in [0.1, 0.15) is 34.0 Å². The van der Waals surface area contributed by atoms with Gasteiger partial charge in [0.05, 0.1) is 5.56 Å². The van der Waals surface area contributed by atoms with Crippen LogP contribution in [0, 0.1) is 0 Å². The average molecular weight is 511 g/mol. The van der Waals surface area contributed by atoms with Gasteiger partial charge in [0.25, 0.3) is 0 Å². The lowest BCUT2D eigenvalue weighted by Gasteiger charge is -2.11. The minimum absolute atomic E-state index is 0.0634. The second-order valence-corrected chi connectivity index (χ2v) is 8.01. The van der Waals surface area contributed by atoms with Crippen molar-refractivity contribution in [2.24, 2.45) is 0 Å². The van der Waals surface area contributed by atoms with E-state index in [1.54, 1.807) is 30.3 Å². The topological polar surface area (TPSA) is 96.0 Å². The van der Waals surface area contributed by atoms with Crippen molar-refractivity contribution in [1.29, 1.82) is 0 Å². The van der Waals surface area contributed by atoms with E-state index < -0.39 is 17.9 Å². The highest BCUT2D eigenvalue weighted by molar-refractivity contribution is 5.92. The van der Waals surface area contributed by atoms with E-state index >= 15 is 0 Å². The molecule has 3 rings (SSSR count). The molecule has 0 aliphatic carbocycles. The Hall–Kier alpha value is -5.04. The van der Waals surface area contributed by atoms with E-state index in [1.165, 1.54) is 42.5 Å². The van der Waals surface area contributed by atoms with Gasteiger partial charge >= 0.3 is 17.9 Å². The highest BCUT2D eigenvalue weighted by Crippen LogP contribution is 2.26. The summed E-state index contributed by atoms with van der Waals surface area (Å²) in [4.78, 5) is 47.6. The molecule has 7 heteroatoms. The number of allylic oxidation sites excluding steroid dienone is 1. The fourth-order valence-electron chi connectivity index (χ4n) is 3.31. The van der Waals surface area contributed by atoms with Crippen LogP contribution in [-0.4, -0.2) is 23.7 Å². The van der Waals surface area contributed by atoms with E-state index in [0.717, 1.165) is 17.2 Å². The van der Waals surface area contributed by atoms with E-state index in [2.05, 4.69) is 13.2 Å². The predicted octanol–water partition coefficient (Wildman–Crippen LogP) is 5.48. The molecule has 38 heavy (non-hydrogen) atoms. The smallest absolute Gasteiger partial charge is 0.343 e. The SMILES string of the molecule is C=CC(=O)Cc1ccc(/C=C/C(=O)Oc2ccc(OC(=O)c3ccc(OC(=O)C=C)cc3)c(CC)c2)cc1. The first kappa shape index (κ1) is 27.5. The van der Waals surface area contributed by atoms with Crippen molar-refractivity contribution in [2.75, 3.05) is 0 Å². The number of rotatable bonds is 11. The van der Waals surface area contributed by atoms with Gasteiger partial charge in [-0.3, -0.25) is 4.79 Å². The molecule has 0 aliphatic heterocycles. The molecule has 3 aromatic rings. The Balaban J connectivity index is 1.60. The lowest BCUT2D eigenvalue weighted by Crippen LogP contribution is -2.10. The van der Waals surface area contributed by atoms with Crippen LogP contribution >= 0.6 is 0 Å². The van der Waals surface area contributed by atoms with E-state index in [-0.39, 0.29) is 23.5 Å². The summed E-state index contributed by atoms with van der Waals surface area (Å²) in [6.45, 7) is 8.67. The van der Waals surface area contributed by atoms with Crippen molar-refractivity contribution < 1.29 is 33.4 Å². The van der Waals surface area contributed by atoms with E-state index in [1.807, 2.05) is 19.1 Å². The van der Waals surface area contributed by atoms with Crippen molar-refractivity contribution >= 4 is 29.8 Å². The molecular weight excluding hydrogens is 484 g/mol. The Morgan fingerprint density at radius 3 is 2.05 bits per heavy atom. The summed E-state index contributed by atoms with van der Waals surface area (Å²) in [6.07, 6.45) is 6.05. The van der Waals surface area contributed by atoms with E-state index in [4.69, 9.17) is 14.2 Å². The molecule has 0 atom stereocenters. The number of esters is 3. The molecule has 0 fully saturated rings. The highest BCUT2D eigenvalue weighted by atomic mass is 16.5. The van der Waals surface area contributed by atoms with Crippen molar-refractivity contribution in [3.05, 3.63) is 120 Å². The molecule has 0 aromatic heterocycles. The number of hydrogen-bond acceptors (Lipinski definition) is 7. The molecule has 0 spiro atoms. The molecule has 0 unspecified atom stereocenters. The van der Waals surface area contributed by atoms with Gasteiger partial charge in [-0.1, -0.05) is 44.3 Å². The van der Waals surface area contributed by atoms with Crippen molar-refractivity contribution in [3.8, 4) is 17.2 Å². The fraction of sp³-hybridized carbons (Fsp3) is 0.0968. The van der Waals surface area contributed by atoms with Crippen LogP contribution < -0.4 is 14.2 Å². The highest BCUT2D eigenvalue weighted by Gasteiger charge is 2.13. The number of aryl methyl sites for hydroxylation is 1. The first-order valence-corrected chi connectivity index (χ1v) is 11.7. The van der Waals surface area contributed by atoms with Gasteiger partial charge in [0.15, 0.2) is 5.78 Å². The van der Waals surface area contributed by atoms with Gasteiger partial charge in [0.2, 0.25) is 0 Å². The summed E-state index contributed by atoms with van der Waals surface area (Å²) in [5, 5.41) is 0. The van der Waals surface area contributed by atoms with Crippen LogP contribution in [0.2, 0.25) is 0 Å². The van der Waals surface area contributed by atoms with Crippen LogP contribution in [-0.2, 0) is 27.2 Å². The van der Waals surface area contributed by atoms with Crippen LogP contribution in [0.25, 0.3) is 6.08 Å². The maximum Gasteiger partial charge on any atom is 0.343 e. The monoisotopic (exact) mass is 510 g/mol. The number of carbonyl (C=O) groups excluding carboxylic acids is 4. The third-order valence-electron chi connectivity index (χ3n) is 5.31. The molecule has 0 radical (unpaired) electrons. The van der Waals surface area contributed by atoms with Crippen molar-refractivity contribution in [1.82, 2.24) is 0 Å². The largest absolute Gasteiger partial charge is 0.423 e. The Kier molecular flexibility index (Phi) is 9.65. The molecule has 0 heterocycles. The molecule has 0 bridgehead atoms. The maximum atomic E-state index is 12.6. The summed E-state index contributed by atoms with van der Waals surface area (Å²) < 4.78 is 15.9. The summed E-state index contributed by atoms with van der Waals surface area (Å²) in [5.74, 6) is -0.900. The van der Waals surface area contributed by atoms with Crippen LogP contribution in [0.3, 0.4) is 0 Å². The van der Waals surface area contributed by atoms with E-state index in [0.29, 0.717) is 23.5 Å². The minimum atomic E-state index is -0.600. The fourth-order valence-corrected chi connectivity index (χ4v) is 3.31. The van der Waals surface area contributed by atoms with Crippen LogP contribution in [0.4, 0.5) is 0 Å². The Morgan fingerprint density at radius 2 is 1.42 bits per heavy atom. The number of ether oxygens (including phenoxy) is 3. The molecule has 0 amide bonds. The minimum Gasteiger partial charge on any atom is -0.423 e. The second-order valence-electron chi connectivity index (χ2n) is 8.01. The lowest BCUT2D eigenvalue weighted by atomic mass is 10.1. The number of ketones is 1. The predicted molar refractivity (Wildman–Crippen MR) is 143 cm³/mol. The summed E-state index contributed by atoms with van der Waals surface area (Å²) >= 11 is 0. The Morgan fingerprint density at radius 1 is 0.763 bits per heavy atom. The van der Waals surface area contributed by atoms with E-state index in [9.17, 15) is 19.2 Å². The zero-order valence-corrected chi connectivity index (χ0v) is 20.8. The zero-order chi connectivity index (χ0) is 27.5. The van der Waals surface area contributed by atoms with Crippen molar-refractivity contribution in [3.63, 3.8) is 0 Å². The molecule has 0 aliphatic rings. The van der Waals surface area contributed by atoms with Crippen LogP contribution in [0.15, 0.2) is 98.1 Å². The van der Waals surface area contributed by atoms with Crippen molar-refractivity contribution in [2.45, 2.75) is 19.8 Å². The molecule has 0 saturated carbocycles. The maximum absolute atomic E-state index is 12.6. The normalized spacial score (nSPS) is 10.4. The third kappa shape index (κ3) is 7.99. The van der Waals surface area contributed by atoms with Gasteiger partial charge in [-0.05, 0) is 77.7 Å². The Labute approximate surface area is 220 Å². The zero-order valence-electron chi connectivity index (χ0n) is 20.8. The molecular formula is C31H26O7. The molecule has 3 aromatic carbocycles. The first-order valence-electron chi connectivity index (χ1n) is 11.7. The quantitative estimate of drug-likeness (QED) is 0.192. The van der Waals surface area contributed by atoms with Gasteiger partial charge in [0, 0.05) is 18.6 Å². The molecule has 0 N–H and O–H groups in total. The average Bonchev–Trinajstić information content (AvgIpc) is 2.93. The molecule has 192 valence electrons. The Bertz CT molecular complexity index is 1380. The van der Waals surface area contributed by atoms with Gasteiger partial charge in [-0.2, -0.15) is 0 Å². The van der Waals surface area contributed by atoms with Crippen LogP contribution in [0.5, 0.6) is 17.2 Å². The number of hydrogen-bond donors (Lipinski definition) is 0. The summed E-state index contributed by atoms with van der Waals surface area (Å²) in [5.41, 5.74) is 2.58. The van der Waals surface area contributed by atoms with Gasteiger partial charge < -0.3 is 14.2 Å². The molecule has 0 saturated heterocycles. The number of carbonyl (C=O) groups is 4. The third-order valence-corrected chi connectivity index (χ3v) is 5.31. The van der Waals surface area contributed by atoms with Gasteiger partial charge in [-0.25, -0.2) is 14.4 Å². The van der Waals surface area contributed by atoms with Gasteiger partial charge in [-0.15, -0.1) is 0 Å². The lowest BCUT2D eigenvalue weighted by molar-refractivity contribution is -0.129.